The van der Waals surface area contributed by atoms with Crippen molar-refractivity contribution in [2.24, 2.45) is 5.92 Å². The first-order valence-corrected chi connectivity index (χ1v) is 5.38. The molecule has 15 heavy (non-hydrogen) atoms. The lowest BCUT2D eigenvalue weighted by Crippen LogP contribution is -2.35. The fraction of sp³-hybridized carbons (Fsp3) is 0.727. The molecule has 0 saturated heterocycles. The van der Waals surface area contributed by atoms with Crippen LogP contribution in [0, 0.1) is 5.92 Å². The van der Waals surface area contributed by atoms with Crippen LogP contribution in [0.3, 0.4) is 0 Å². The van der Waals surface area contributed by atoms with E-state index in [2.05, 4.69) is 5.32 Å². The van der Waals surface area contributed by atoms with E-state index in [1.807, 2.05) is 0 Å². The first-order valence-electron chi connectivity index (χ1n) is 5.38. The summed E-state index contributed by atoms with van der Waals surface area (Å²) in [5, 5.41) is 20.9. The zero-order valence-electron chi connectivity index (χ0n) is 9.07. The molecular formula is C11H19NO3. The van der Waals surface area contributed by atoms with E-state index in [1.54, 1.807) is 6.92 Å². The summed E-state index contributed by atoms with van der Waals surface area (Å²) in [5.41, 5.74) is 0.811. The van der Waals surface area contributed by atoms with Crippen LogP contribution in [0.2, 0.25) is 0 Å². The molecule has 0 aromatic heterocycles. The number of carboxylic acids is 1. The van der Waals surface area contributed by atoms with Gasteiger partial charge in [-0.15, -0.1) is 0 Å². The molecule has 0 bridgehead atoms. The second-order valence-corrected chi connectivity index (χ2v) is 4.19. The molecule has 1 rings (SSSR count). The summed E-state index contributed by atoms with van der Waals surface area (Å²) in [5.74, 6) is -0.568. The van der Waals surface area contributed by atoms with E-state index in [9.17, 15) is 4.79 Å². The summed E-state index contributed by atoms with van der Waals surface area (Å²) in [6.07, 6.45) is 4.50. The molecule has 0 aromatic carbocycles. The van der Waals surface area contributed by atoms with Gasteiger partial charge in [0.1, 0.15) is 0 Å². The van der Waals surface area contributed by atoms with E-state index in [1.165, 1.54) is 6.08 Å². The van der Waals surface area contributed by atoms with Crippen LogP contribution in [0.4, 0.5) is 0 Å². The minimum absolute atomic E-state index is 0.222. The minimum atomic E-state index is -0.903. The van der Waals surface area contributed by atoms with Gasteiger partial charge in [0.05, 0.1) is 0 Å². The van der Waals surface area contributed by atoms with Crippen molar-refractivity contribution in [2.45, 2.75) is 32.2 Å². The van der Waals surface area contributed by atoms with Gasteiger partial charge in [-0.3, -0.25) is 0 Å². The van der Waals surface area contributed by atoms with Crippen molar-refractivity contribution in [1.82, 2.24) is 5.32 Å². The number of aliphatic carboxylic acids is 1. The molecule has 0 aromatic rings. The maximum atomic E-state index is 10.4. The standard InChI is InChI=1S/C11H19NO3/c1-8(5-11(14)15)6-12-10-4-2-3-9(10)7-13/h5,9-10,12-13H,2-4,6-7H2,1H3,(H,14,15). The van der Waals surface area contributed by atoms with Gasteiger partial charge in [0, 0.05) is 25.3 Å². The van der Waals surface area contributed by atoms with Crippen molar-refractivity contribution in [2.75, 3.05) is 13.2 Å². The lowest BCUT2D eigenvalue weighted by molar-refractivity contribution is -0.131. The first kappa shape index (κ1) is 12.2. The van der Waals surface area contributed by atoms with E-state index in [-0.39, 0.29) is 6.61 Å². The Morgan fingerprint density at radius 1 is 1.53 bits per heavy atom. The molecule has 2 atom stereocenters. The summed E-state index contributed by atoms with van der Waals surface area (Å²) >= 11 is 0. The predicted octanol–water partition coefficient (Wildman–Crippen LogP) is 0.768. The van der Waals surface area contributed by atoms with Gasteiger partial charge >= 0.3 is 5.97 Å². The lowest BCUT2D eigenvalue weighted by Gasteiger charge is -2.19. The summed E-state index contributed by atoms with van der Waals surface area (Å²) in [6.45, 7) is 2.61. The normalized spacial score (nSPS) is 26.9. The summed E-state index contributed by atoms with van der Waals surface area (Å²) < 4.78 is 0. The highest BCUT2D eigenvalue weighted by molar-refractivity contribution is 5.80. The lowest BCUT2D eigenvalue weighted by atomic mass is 10.0. The average molecular weight is 213 g/mol. The maximum absolute atomic E-state index is 10.4. The molecule has 4 nitrogen and oxygen atoms in total. The molecule has 3 N–H and O–H groups in total. The van der Waals surface area contributed by atoms with Crippen molar-refractivity contribution in [1.29, 1.82) is 0 Å². The Hall–Kier alpha value is -0.870. The van der Waals surface area contributed by atoms with Crippen LogP contribution in [0.5, 0.6) is 0 Å². The topological polar surface area (TPSA) is 69.6 Å². The highest BCUT2D eigenvalue weighted by Crippen LogP contribution is 2.24. The van der Waals surface area contributed by atoms with Crippen LogP contribution in [-0.2, 0) is 4.79 Å². The van der Waals surface area contributed by atoms with Crippen molar-refractivity contribution in [3.05, 3.63) is 11.6 Å². The second kappa shape index (κ2) is 5.88. The molecular weight excluding hydrogens is 194 g/mol. The SMILES string of the molecule is CC(=CC(=O)O)CNC1CCCC1CO. The third kappa shape index (κ3) is 4.01. The zero-order valence-corrected chi connectivity index (χ0v) is 9.07. The fourth-order valence-corrected chi connectivity index (χ4v) is 2.08. The molecule has 0 spiro atoms. The molecule has 1 saturated carbocycles. The van der Waals surface area contributed by atoms with Crippen molar-refractivity contribution in [3.63, 3.8) is 0 Å². The van der Waals surface area contributed by atoms with E-state index in [4.69, 9.17) is 10.2 Å². The molecule has 0 aliphatic heterocycles. The van der Waals surface area contributed by atoms with E-state index >= 15 is 0 Å². The van der Waals surface area contributed by atoms with Crippen LogP contribution in [0.1, 0.15) is 26.2 Å². The fourth-order valence-electron chi connectivity index (χ4n) is 2.08. The van der Waals surface area contributed by atoms with Gasteiger partial charge in [0.2, 0.25) is 0 Å². The molecule has 4 heteroatoms. The number of rotatable bonds is 5. The van der Waals surface area contributed by atoms with E-state index in [0.717, 1.165) is 24.8 Å². The molecule has 1 aliphatic rings. The van der Waals surface area contributed by atoms with Crippen LogP contribution < -0.4 is 5.32 Å². The monoisotopic (exact) mass is 213 g/mol. The molecule has 1 fully saturated rings. The quantitative estimate of drug-likeness (QED) is 0.590. The highest BCUT2D eigenvalue weighted by atomic mass is 16.4. The number of carboxylic acid groups (broad SMARTS) is 1. The Labute approximate surface area is 90.0 Å². The molecule has 0 radical (unpaired) electrons. The van der Waals surface area contributed by atoms with Crippen LogP contribution in [-0.4, -0.2) is 35.4 Å². The predicted molar refractivity (Wildman–Crippen MR) is 57.6 cm³/mol. The summed E-state index contributed by atoms with van der Waals surface area (Å²) in [6, 6.07) is 0.340. The summed E-state index contributed by atoms with van der Waals surface area (Å²) in [4.78, 5) is 10.4. The first-order chi connectivity index (χ1) is 7.13. The molecule has 0 amide bonds. The zero-order chi connectivity index (χ0) is 11.3. The van der Waals surface area contributed by atoms with Crippen LogP contribution in [0.25, 0.3) is 0 Å². The van der Waals surface area contributed by atoms with Crippen LogP contribution >= 0.6 is 0 Å². The third-order valence-electron chi connectivity index (χ3n) is 2.91. The molecule has 86 valence electrons. The molecule has 1 aliphatic carbocycles. The van der Waals surface area contributed by atoms with Gasteiger partial charge in [0.15, 0.2) is 0 Å². The van der Waals surface area contributed by atoms with E-state index in [0.29, 0.717) is 18.5 Å². The van der Waals surface area contributed by atoms with Gasteiger partial charge in [-0.2, -0.15) is 0 Å². The Morgan fingerprint density at radius 2 is 2.27 bits per heavy atom. The Balaban J connectivity index is 2.33. The van der Waals surface area contributed by atoms with E-state index < -0.39 is 5.97 Å². The van der Waals surface area contributed by atoms with Gasteiger partial charge in [-0.05, 0) is 25.7 Å². The Bertz CT molecular complexity index is 250. The Morgan fingerprint density at radius 3 is 2.87 bits per heavy atom. The second-order valence-electron chi connectivity index (χ2n) is 4.19. The number of aliphatic hydroxyl groups excluding tert-OH is 1. The average Bonchev–Trinajstić information content (AvgIpc) is 2.60. The molecule has 0 heterocycles. The number of carbonyl (C=O) groups is 1. The number of nitrogens with one attached hydrogen (secondary N) is 1. The number of hydrogen-bond acceptors (Lipinski definition) is 3. The van der Waals surface area contributed by atoms with Crippen LogP contribution in [0.15, 0.2) is 11.6 Å². The molecule has 2 unspecified atom stereocenters. The summed E-state index contributed by atoms with van der Waals surface area (Å²) in [7, 11) is 0. The highest BCUT2D eigenvalue weighted by Gasteiger charge is 2.25. The maximum Gasteiger partial charge on any atom is 0.328 e. The largest absolute Gasteiger partial charge is 0.478 e. The smallest absolute Gasteiger partial charge is 0.328 e. The van der Waals surface area contributed by atoms with Gasteiger partial charge in [0.25, 0.3) is 0 Å². The Kier molecular flexibility index (Phi) is 4.78. The minimum Gasteiger partial charge on any atom is -0.478 e. The van der Waals surface area contributed by atoms with Gasteiger partial charge in [-0.1, -0.05) is 12.0 Å². The van der Waals surface area contributed by atoms with Gasteiger partial charge in [-0.25, -0.2) is 4.79 Å². The van der Waals surface area contributed by atoms with Gasteiger partial charge < -0.3 is 15.5 Å². The number of aliphatic hydroxyl groups is 1. The third-order valence-corrected chi connectivity index (χ3v) is 2.91. The van der Waals surface area contributed by atoms with Crippen molar-refractivity contribution < 1.29 is 15.0 Å². The van der Waals surface area contributed by atoms with Crippen molar-refractivity contribution >= 4 is 5.97 Å². The number of hydrogen-bond donors (Lipinski definition) is 3. The van der Waals surface area contributed by atoms with Crippen molar-refractivity contribution in [3.8, 4) is 0 Å².